The van der Waals surface area contributed by atoms with Crippen LogP contribution in [0.2, 0.25) is 0 Å². The van der Waals surface area contributed by atoms with E-state index < -0.39 is 0 Å². The predicted molar refractivity (Wildman–Crippen MR) is 64.0 cm³/mol. The molecule has 0 radical (unpaired) electrons. The van der Waals surface area contributed by atoms with Crippen LogP contribution in [0.25, 0.3) is 0 Å². The molecule has 2 unspecified atom stereocenters. The third-order valence-corrected chi connectivity index (χ3v) is 3.92. The van der Waals surface area contributed by atoms with Crippen molar-refractivity contribution in [1.82, 2.24) is 10.6 Å². The first-order valence-corrected chi connectivity index (χ1v) is 6.78. The number of rotatable bonds is 2. The van der Waals surface area contributed by atoms with E-state index in [2.05, 4.69) is 22.8 Å². The van der Waals surface area contributed by atoms with Gasteiger partial charge in [-0.25, -0.2) is 0 Å². The molecule has 1 aliphatic carbocycles. The Morgan fingerprint density at radius 2 is 2.40 bits per heavy atom. The Hall–Kier alpha value is -0.480. The summed E-state index contributed by atoms with van der Waals surface area (Å²) in [6, 6.07) is 0.380. The average molecular weight is 226 g/mol. The highest BCUT2D eigenvalue weighted by Gasteiger charge is 2.23. The lowest BCUT2D eigenvalue weighted by Gasteiger charge is -2.26. The zero-order chi connectivity index (χ0) is 10.5. The van der Waals surface area contributed by atoms with E-state index in [-0.39, 0.29) is 11.9 Å². The topological polar surface area (TPSA) is 41.1 Å². The van der Waals surface area contributed by atoms with E-state index in [1.54, 1.807) is 0 Å². The van der Waals surface area contributed by atoms with Gasteiger partial charge in [0.25, 0.3) is 0 Å². The molecular weight excluding hydrogens is 208 g/mol. The Balaban J connectivity index is 1.77. The van der Waals surface area contributed by atoms with Crippen molar-refractivity contribution in [2.75, 3.05) is 18.1 Å². The van der Waals surface area contributed by atoms with Crippen LogP contribution in [0.3, 0.4) is 0 Å². The van der Waals surface area contributed by atoms with E-state index in [0.717, 1.165) is 37.3 Å². The Morgan fingerprint density at radius 1 is 1.47 bits per heavy atom. The third-order valence-electron chi connectivity index (χ3n) is 2.85. The maximum Gasteiger partial charge on any atom is 0.238 e. The quantitative estimate of drug-likeness (QED) is 0.688. The summed E-state index contributed by atoms with van der Waals surface area (Å²) in [4.78, 5) is 11.9. The molecule has 2 rings (SSSR count). The van der Waals surface area contributed by atoms with E-state index in [4.69, 9.17) is 0 Å². The molecule has 0 aromatic carbocycles. The highest BCUT2D eigenvalue weighted by atomic mass is 32.2. The van der Waals surface area contributed by atoms with Crippen molar-refractivity contribution in [2.24, 2.45) is 0 Å². The van der Waals surface area contributed by atoms with Crippen molar-refractivity contribution in [3.8, 4) is 0 Å². The molecule has 0 saturated carbocycles. The highest BCUT2D eigenvalue weighted by Crippen LogP contribution is 2.12. The lowest BCUT2D eigenvalue weighted by molar-refractivity contribution is -0.123. The molecule has 2 aliphatic rings. The minimum atomic E-state index is 0.0228. The molecule has 3 nitrogen and oxygen atoms in total. The molecular formula is C11H18N2OS. The van der Waals surface area contributed by atoms with Gasteiger partial charge in [0.1, 0.15) is 0 Å². The van der Waals surface area contributed by atoms with Crippen LogP contribution in [0.1, 0.15) is 19.3 Å². The number of hydrogen-bond acceptors (Lipinski definition) is 3. The first-order chi connectivity index (χ1) is 7.36. The number of amides is 1. The predicted octanol–water partition coefficient (Wildman–Crippen LogP) is 0.916. The molecule has 84 valence electrons. The van der Waals surface area contributed by atoms with Gasteiger partial charge in [0.15, 0.2) is 0 Å². The van der Waals surface area contributed by atoms with Crippen LogP contribution in [0.5, 0.6) is 0 Å². The third kappa shape index (κ3) is 3.24. The molecule has 2 atom stereocenters. The summed E-state index contributed by atoms with van der Waals surface area (Å²) < 4.78 is 0. The molecule has 0 bridgehead atoms. The Labute approximate surface area is 95.1 Å². The Morgan fingerprint density at radius 3 is 3.07 bits per heavy atom. The fourth-order valence-corrected chi connectivity index (χ4v) is 2.89. The molecule has 1 saturated heterocycles. The van der Waals surface area contributed by atoms with Crippen molar-refractivity contribution < 1.29 is 4.79 Å². The largest absolute Gasteiger partial charge is 0.352 e. The molecule has 1 amide bonds. The van der Waals surface area contributed by atoms with Gasteiger partial charge in [-0.1, -0.05) is 12.2 Å². The van der Waals surface area contributed by atoms with Gasteiger partial charge >= 0.3 is 0 Å². The van der Waals surface area contributed by atoms with Crippen LogP contribution < -0.4 is 10.6 Å². The lowest BCUT2D eigenvalue weighted by atomic mass is 10.0. The van der Waals surface area contributed by atoms with Gasteiger partial charge < -0.3 is 10.6 Å². The van der Waals surface area contributed by atoms with Crippen LogP contribution in [0.4, 0.5) is 0 Å². The van der Waals surface area contributed by atoms with Gasteiger partial charge in [-0.2, -0.15) is 11.8 Å². The van der Waals surface area contributed by atoms with Crippen molar-refractivity contribution in [1.29, 1.82) is 0 Å². The van der Waals surface area contributed by atoms with Gasteiger partial charge in [-0.15, -0.1) is 0 Å². The summed E-state index contributed by atoms with van der Waals surface area (Å²) >= 11 is 1.86. The second-order valence-electron chi connectivity index (χ2n) is 4.07. The van der Waals surface area contributed by atoms with Gasteiger partial charge in [-0.05, 0) is 19.3 Å². The summed E-state index contributed by atoms with van der Waals surface area (Å²) in [5.74, 6) is 2.21. The molecule has 0 aromatic heterocycles. The van der Waals surface area contributed by atoms with Crippen LogP contribution in [0.15, 0.2) is 12.2 Å². The second kappa shape index (κ2) is 5.56. The fourth-order valence-electron chi connectivity index (χ4n) is 1.96. The summed E-state index contributed by atoms with van der Waals surface area (Å²) in [5.41, 5.74) is 0. The van der Waals surface area contributed by atoms with Crippen LogP contribution in [0, 0.1) is 0 Å². The summed E-state index contributed by atoms with van der Waals surface area (Å²) in [6.07, 6.45) is 7.53. The lowest BCUT2D eigenvalue weighted by Crippen LogP contribution is -2.51. The van der Waals surface area contributed by atoms with E-state index in [0.29, 0.717) is 6.04 Å². The molecule has 0 spiro atoms. The van der Waals surface area contributed by atoms with Crippen molar-refractivity contribution in [2.45, 2.75) is 31.3 Å². The number of hydrogen-bond donors (Lipinski definition) is 2. The molecule has 4 heteroatoms. The molecule has 2 N–H and O–H groups in total. The Bertz CT molecular complexity index is 249. The SMILES string of the molecule is O=C(NC1CC=CCC1)C1CSCCN1. The van der Waals surface area contributed by atoms with Gasteiger partial charge in [0.05, 0.1) is 6.04 Å². The molecule has 0 aromatic rings. The first kappa shape index (κ1) is 11.0. The molecule has 1 fully saturated rings. The maximum atomic E-state index is 11.9. The minimum Gasteiger partial charge on any atom is -0.352 e. The van der Waals surface area contributed by atoms with Crippen LogP contribution in [-0.4, -0.2) is 36.0 Å². The monoisotopic (exact) mass is 226 g/mol. The number of thioether (sulfide) groups is 1. The fraction of sp³-hybridized carbons (Fsp3) is 0.727. The summed E-state index contributed by atoms with van der Waals surface area (Å²) in [6.45, 7) is 0.952. The normalized spacial score (nSPS) is 31.2. The van der Waals surface area contributed by atoms with Gasteiger partial charge in [0.2, 0.25) is 5.91 Å². The van der Waals surface area contributed by atoms with E-state index in [1.807, 2.05) is 11.8 Å². The number of nitrogens with one attached hydrogen (secondary N) is 2. The first-order valence-electron chi connectivity index (χ1n) is 5.63. The number of carbonyl (C=O) groups is 1. The summed E-state index contributed by atoms with van der Waals surface area (Å²) in [5, 5.41) is 6.38. The van der Waals surface area contributed by atoms with Crippen molar-refractivity contribution >= 4 is 17.7 Å². The number of allylic oxidation sites excluding steroid dienone is 1. The molecule has 15 heavy (non-hydrogen) atoms. The van der Waals surface area contributed by atoms with Gasteiger partial charge in [0, 0.05) is 24.1 Å². The van der Waals surface area contributed by atoms with Crippen molar-refractivity contribution in [3.05, 3.63) is 12.2 Å². The second-order valence-corrected chi connectivity index (χ2v) is 5.22. The average Bonchev–Trinajstić information content (AvgIpc) is 2.31. The van der Waals surface area contributed by atoms with E-state index in [1.165, 1.54) is 0 Å². The smallest absolute Gasteiger partial charge is 0.238 e. The summed E-state index contributed by atoms with van der Waals surface area (Å²) in [7, 11) is 0. The molecule has 1 aliphatic heterocycles. The molecule has 1 heterocycles. The van der Waals surface area contributed by atoms with Gasteiger partial charge in [-0.3, -0.25) is 4.79 Å². The van der Waals surface area contributed by atoms with Crippen LogP contribution in [-0.2, 0) is 4.79 Å². The minimum absolute atomic E-state index is 0.0228. The standard InChI is InChI=1S/C11H18N2OS/c14-11(10-8-15-7-6-12-10)13-9-4-2-1-3-5-9/h1-2,9-10,12H,3-8H2,(H,13,14). The van der Waals surface area contributed by atoms with E-state index in [9.17, 15) is 4.79 Å². The zero-order valence-corrected chi connectivity index (χ0v) is 9.69. The Kier molecular flexibility index (Phi) is 4.09. The van der Waals surface area contributed by atoms with E-state index >= 15 is 0 Å². The number of carbonyl (C=O) groups excluding carboxylic acids is 1. The highest BCUT2D eigenvalue weighted by molar-refractivity contribution is 7.99. The zero-order valence-electron chi connectivity index (χ0n) is 8.87. The van der Waals surface area contributed by atoms with Crippen molar-refractivity contribution in [3.63, 3.8) is 0 Å². The van der Waals surface area contributed by atoms with Crippen LogP contribution >= 0.6 is 11.8 Å². The maximum absolute atomic E-state index is 11.9.